The fourth-order valence-electron chi connectivity index (χ4n) is 2.73. The first-order valence-corrected chi connectivity index (χ1v) is 9.15. The van der Waals surface area contributed by atoms with Gasteiger partial charge in [-0.25, -0.2) is 4.98 Å². The summed E-state index contributed by atoms with van der Waals surface area (Å²) in [7, 11) is 0. The van der Waals surface area contributed by atoms with Gasteiger partial charge >= 0.3 is 11.6 Å². The predicted molar refractivity (Wildman–Crippen MR) is 109 cm³/mol. The number of nitro groups is 1. The number of anilines is 1. The third-order valence-electron chi connectivity index (χ3n) is 4.33. The van der Waals surface area contributed by atoms with Gasteiger partial charge < -0.3 is 14.8 Å². The van der Waals surface area contributed by atoms with E-state index in [1.807, 2.05) is 18.2 Å². The first-order valence-electron chi connectivity index (χ1n) is 9.15. The van der Waals surface area contributed by atoms with Crippen LogP contribution in [0.2, 0.25) is 0 Å². The summed E-state index contributed by atoms with van der Waals surface area (Å²) in [4.78, 5) is 19.6. The number of nitrogens with one attached hydrogen (secondary N) is 1. The first kappa shape index (κ1) is 20.2. The van der Waals surface area contributed by atoms with Crippen molar-refractivity contribution in [1.82, 2.24) is 9.97 Å². The molecule has 0 saturated carbocycles. The van der Waals surface area contributed by atoms with Crippen LogP contribution in [-0.4, -0.2) is 28.0 Å². The van der Waals surface area contributed by atoms with E-state index in [2.05, 4.69) is 15.3 Å². The van der Waals surface area contributed by atoms with Crippen LogP contribution in [0.15, 0.2) is 54.9 Å². The van der Waals surface area contributed by atoms with Gasteiger partial charge in [-0.05, 0) is 43.7 Å². The number of aromatic nitrogens is 2. The molecule has 8 nitrogen and oxygen atoms in total. The summed E-state index contributed by atoms with van der Waals surface area (Å²) in [5.74, 6) is 0.447. The lowest BCUT2D eigenvalue weighted by molar-refractivity contribution is -0.385. The highest BCUT2D eigenvalue weighted by Crippen LogP contribution is 2.39. The molecule has 1 N–H and O–H groups in total. The van der Waals surface area contributed by atoms with Gasteiger partial charge in [-0.1, -0.05) is 18.2 Å². The van der Waals surface area contributed by atoms with Crippen molar-refractivity contribution in [3.05, 3.63) is 81.8 Å². The Kier molecular flexibility index (Phi) is 6.70. The van der Waals surface area contributed by atoms with Crippen LogP contribution in [0.1, 0.15) is 16.8 Å². The zero-order chi connectivity index (χ0) is 20.6. The summed E-state index contributed by atoms with van der Waals surface area (Å²) in [6.45, 7) is 4.82. The monoisotopic (exact) mass is 394 g/mol. The molecule has 0 amide bonds. The number of benzene rings is 1. The SMILES string of the molecule is Cc1nc(Oc2ccccc2)c([N+](=O)[O-])c(NCCOCc2ccncc2)c1C. The second-order valence-electron chi connectivity index (χ2n) is 6.36. The molecule has 0 spiro atoms. The Hall–Kier alpha value is -3.52. The number of aryl methyl sites for hydroxylation is 1. The minimum Gasteiger partial charge on any atom is -0.434 e. The van der Waals surface area contributed by atoms with Crippen molar-refractivity contribution in [3.63, 3.8) is 0 Å². The average Bonchev–Trinajstić information content (AvgIpc) is 2.72. The molecule has 0 saturated heterocycles. The fraction of sp³-hybridized carbons (Fsp3) is 0.238. The summed E-state index contributed by atoms with van der Waals surface area (Å²) >= 11 is 0. The van der Waals surface area contributed by atoms with Crippen LogP contribution in [0.5, 0.6) is 11.6 Å². The highest BCUT2D eigenvalue weighted by Gasteiger charge is 2.27. The van der Waals surface area contributed by atoms with Crippen molar-refractivity contribution in [2.75, 3.05) is 18.5 Å². The van der Waals surface area contributed by atoms with Gasteiger partial charge in [0.25, 0.3) is 0 Å². The molecule has 2 aromatic heterocycles. The van der Waals surface area contributed by atoms with Crippen molar-refractivity contribution in [2.45, 2.75) is 20.5 Å². The molecule has 8 heteroatoms. The normalized spacial score (nSPS) is 10.6. The van der Waals surface area contributed by atoms with Crippen LogP contribution in [0.25, 0.3) is 0 Å². The highest BCUT2D eigenvalue weighted by molar-refractivity contribution is 5.71. The van der Waals surface area contributed by atoms with Gasteiger partial charge in [-0.3, -0.25) is 15.1 Å². The number of hydrogen-bond donors (Lipinski definition) is 1. The molecule has 0 aliphatic rings. The van der Waals surface area contributed by atoms with Gasteiger partial charge in [0.15, 0.2) is 0 Å². The molecule has 0 fully saturated rings. The van der Waals surface area contributed by atoms with E-state index in [0.29, 0.717) is 42.5 Å². The average molecular weight is 394 g/mol. The third-order valence-corrected chi connectivity index (χ3v) is 4.33. The summed E-state index contributed by atoms with van der Waals surface area (Å²) in [6, 6.07) is 12.6. The molecule has 0 aliphatic heterocycles. The molecule has 29 heavy (non-hydrogen) atoms. The Morgan fingerprint density at radius 3 is 2.52 bits per heavy atom. The third kappa shape index (κ3) is 5.26. The molecule has 0 atom stereocenters. The molecule has 0 radical (unpaired) electrons. The molecular formula is C21H22N4O4. The van der Waals surface area contributed by atoms with Crippen LogP contribution in [0.3, 0.4) is 0 Å². The number of hydrogen-bond acceptors (Lipinski definition) is 7. The molecule has 1 aromatic carbocycles. The lowest BCUT2D eigenvalue weighted by atomic mass is 10.1. The van der Waals surface area contributed by atoms with Gasteiger partial charge in [0.1, 0.15) is 11.4 Å². The van der Waals surface area contributed by atoms with Gasteiger partial charge in [0.05, 0.1) is 18.1 Å². The Balaban J connectivity index is 1.73. The predicted octanol–water partition coefficient (Wildman–Crippen LogP) is 4.42. The minimum absolute atomic E-state index is 0.0375. The van der Waals surface area contributed by atoms with E-state index < -0.39 is 4.92 Å². The number of ether oxygens (including phenoxy) is 2. The molecule has 3 rings (SSSR count). The van der Waals surface area contributed by atoms with E-state index in [-0.39, 0.29) is 11.6 Å². The van der Waals surface area contributed by atoms with E-state index in [4.69, 9.17) is 9.47 Å². The molecule has 3 aromatic rings. The van der Waals surface area contributed by atoms with Gasteiger partial charge in [0.2, 0.25) is 0 Å². The Bertz CT molecular complexity index is 965. The maximum atomic E-state index is 11.8. The van der Waals surface area contributed by atoms with Crippen LogP contribution in [-0.2, 0) is 11.3 Å². The summed E-state index contributed by atoms with van der Waals surface area (Å²) in [5, 5.41) is 14.9. The molecule has 0 bridgehead atoms. The van der Waals surface area contributed by atoms with E-state index >= 15 is 0 Å². The minimum atomic E-state index is -0.474. The molecular weight excluding hydrogens is 372 g/mol. The van der Waals surface area contributed by atoms with Crippen molar-refractivity contribution in [1.29, 1.82) is 0 Å². The molecule has 0 unspecified atom stereocenters. The number of pyridine rings is 2. The molecule has 2 heterocycles. The summed E-state index contributed by atoms with van der Waals surface area (Å²) in [6.07, 6.45) is 3.41. The maximum absolute atomic E-state index is 11.8. The second kappa shape index (κ2) is 9.61. The smallest absolute Gasteiger partial charge is 0.354 e. The highest BCUT2D eigenvalue weighted by atomic mass is 16.6. The number of rotatable bonds is 9. The van der Waals surface area contributed by atoms with Crippen molar-refractivity contribution in [3.8, 4) is 11.6 Å². The van der Waals surface area contributed by atoms with Gasteiger partial charge in [-0.15, -0.1) is 0 Å². The van der Waals surface area contributed by atoms with Crippen molar-refractivity contribution >= 4 is 11.4 Å². The number of para-hydroxylation sites is 1. The van der Waals surface area contributed by atoms with E-state index in [1.54, 1.807) is 50.5 Å². The molecule has 0 aliphatic carbocycles. The second-order valence-corrected chi connectivity index (χ2v) is 6.36. The van der Waals surface area contributed by atoms with Crippen LogP contribution >= 0.6 is 0 Å². The topological polar surface area (TPSA) is 99.4 Å². The van der Waals surface area contributed by atoms with Gasteiger partial charge in [-0.2, -0.15) is 0 Å². The van der Waals surface area contributed by atoms with E-state index in [9.17, 15) is 10.1 Å². The van der Waals surface area contributed by atoms with Crippen molar-refractivity contribution in [2.24, 2.45) is 0 Å². The lowest BCUT2D eigenvalue weighted by Crippen LogP contribution is -2.13. The maximum Gasteiger partial charge on any atom is 0.354 e. The van der Waals surface area contributed by atoms with Crippen molar-refractivity contribution < 1.29 is 14.4 Å². The van der Waals surface area contributed by atoms with Crippen LogP contribution < -0.4 is 10.1 Å². The van der Waals surface area contributed by atoms with Gasteiger partial charge in [0, 0.05) is 30.2 Å². The van der Waals surface area contributed by atoms with E-state index in [1.165, 1.54) is 0 Å². The summed E-state index contributed by atoms with van der Waals surface area (Å²) in [5.41, 5.74) is 2.57. The lowest BCUT2D eigenvalue weighted by Gasteiger charge is -2.15. The zero-order valence-corrected chi connectivity index (χ0v) is 16.3. The Labute approximate surface area is 168 Å². The molecule has 150 valence electrons. The van der Waals surface area contributed by atoms with E-state index in [0.717, 1.165) is 5.56 Å². The quantitative estimate of drug-likeness (QED) is 0.326. The fourth-order valence-corrected chi connectivity index (χ4v) is 2.73. The largest absolute Gasteiger partial charge is 0.434 e. The summed E-state index contributed by atoms with van der Waals surface area (Å²) < 4.78 is 11.3. The van der Waals surface area contributed by atoms with Crippen LogP contribution in [0.4, 0.5) is 11.4 Å². The Morgan fingerprint density at radius 2 is 1.83 bits per heavy atom. The Morgan fingerprint density at radius 1 is 1.10 bits per heavy atom. The first-order chi connectivity index (χ1) is 14.1. The van der Waals surface area contributed by atoms with Crippen LogP contribution in [0, 0.1) is 24.0 Å². The standard InChI is InChI=1S/C21H22N4O4/c1-15-16(2)24-21(29-18-6-4-3-5-7-18)20(25(26)27)19(15)23-12-13-28-14-17-8-10-22-11-9-17/h3-11H,12-14H2,1-2H3,(H,23,24). The zero-order valence-electron chi connectivity index (χ0n) is 16.3. The number of nitrogens with zero attached hydrogens (tertiary/aromatic N) is 3.